The molecule has 0 aliphatic carbocycles. The summed E-state index contributed by atoms with van der Waals surface area (Å²) in [6.07, 6.45) is 1.13. The Bertz CT molecular complexity index is 1030. The number of nitrogens with two attached hydrogens (primary N) is 2. The molecule has 0 saturated heterocycles. The fourth-order valence-corrected chi connectivity index (χ4v) is 3.13. The van der Waals surface area contributed by atoms with Gasteiger partial charge in [-0.25, -0.2) is 4.79 Å². The third kappa shape index (κ3) is 5.32. The number of ether oxygens (including phenoxy) is 2. The molecular formula is C22H26N4O5. The zero-order valence-electron chi connectivity index (χ0n) is 17.7. The highest BCUT2D eigenvalue weighted by Crippen LogP contribution is 2.34. The van der Waals surface area contributed by atoms with Crippen LogP contribution in [-0.4, -0.2) is 16.5 Å². The average Bonchev–Trinajstić information content (AvgIpc) is 2.72. The minimum absolute atomic E-state index is 0.0396. The van der Waals surface area contributed by atoms with Crippen LogP contribution in [0.1, 0.15) is 44.4 Å². The Kier molecular flexibility index (Phi) is 6.16. The number of anilines is 1. The largest absolute Gasteiger partial charge is 0.458 e. The molecule has 2 aromatic carbocycles. The number of carbonyl (C=O) groups is 1. The van der Waals surface area contributed by atoms with Crippen molar-refractivity contribution in [3.63, 3.8) is 0 Å². The van der Waals surface area contributed by atoms with Crippen molar-refractivity contribution in [2.24, 2.45) is 11.5 Å². The summed E-state index contributed by atoms with van der Waals surface area (Å²) in [5.74, 6) is 1.01. The van der Waals surface area contributed by atoms with Gasteiger partial charge in [-0.3, -0.25) is 10.1 Å². The first-order valence-electron chi connectivity index (χ1n) is 9.83. The Morgan fingerprint density at radius 3 is 2.58 bits per heavy atom. The average molecular weight is 426 g/mol. The second-order valence-corrected chi connectivity index (χ2v) is 8.03. The van der Waals surface area contributed by atoms with E-state index in [1.165, 1.54) is 12.1 Å². The maximum absolute atomic E-state index is 12.7. The summed E-state index contributed by atoms with van der Waals surface area (Å²) in [7, 11) is 0. The molecule has 0 aromatic heterocycles. The molecular weight excluding hydrogens is 400 g/mol. The summed E-state index contributed by atoms with van der Waals surface area (Å²) in [6.45, 7) is 5.36. The van der Waals surface area contributed by atoms with Crippen molar-refractivity contribution in [2.45, 2.75) is 45.3 Å². The van der Waals surface area contributed by atoms with Gasteiger partial charge in [-0.2, -0.15) is 0 Å². The number of benzene rings is 2. The lowest BCUT2D eigenvalue weighted by atomic mass is 9.98. The van der Waals surface area contributed by atoms with Gasteiger partial charge >= 0.3 is 5.97 Å². The van der Waals surface area contributed by atoms with Crippen LogP contribution in [0, 0.1) is 10.1 Å². The standard InChI is InChI=1S/C22H26N4O5/c1-13-20(24)25-17-12-15(6-9-18(17)30-13)19(23)21(27)31-22(2,3)11-10-14-4-7-16(8-5-14)26(28)29/h4-9,12,19,25H,10-11,23-24H2,1-3H3. The van der Waals surface area contributed by atoms with E-state index in [0.717, 1.165) is 5.56 Å². The van der Waals surface area contributed by atoms with E-state index in [4.69, 9.17) is 20.9 Å². The second-order valence-electron chi connectivity index (χ2n) is 8.03. The fraction of sp³-hybridized carbons (Fsp3) is 0.318. The molecule has 1 heterocycles. The molecule has 9 nitrogen and oxygen atoms in total. The van der Waals surface area contributed by atoms with Gasteiger partial charge in [-0.05, 0) is 56.9 Å². The zero-order chi connectivity index (χ0) is 22.8. The summed E-state index contributed by atoms with van der Waals surface area (Å²) >= 11 is 0. The molecule has 9 heteroatoms. The maximum atomic E-state index is 12.7. The lowest BCUT2D eigenvalue weighted by Gasteiger charge is -2.27. The van der Waals surface area contributed by atoms with Gasteiger partial charge in [-0.15, -0.1) is 0 Å². The molecule has 1 unspecified atom stereocenters. The molecule has 0 spiro atoms. The van der Waals surface area contributed by atoms with Crippen molar-refractivity contribution in [2.75, 3.05) is 5.32 Å². The van der Waals surface area contributed by atoms with Crippen LogP contribution in [0.2, 0.25) is 0 Å². The Labute approximate surface area is 180 Å². The van der Waals surface area contributed by atoms with Gasteiger partial charge in [0.15, 0.2) is 5.75 Å². The molecule has 3 rings (SSSR count). The lowest BCUT2D eigenvalue weighted by Crippen LogP contribution is -2.34. The van der Waals surface area contributed by atoms with Crippen LogP contribution in [-0.2, 0) is 16.0 Å². The number of carbonyl (C=O) groups excluding carboxylic acids is 1. The first kappa shape index (κ1) is 22.1. The quantitative estimate of drug-likeness (QED) is 0.347. The molecule has 164 valence electrons. The molecule has 1 aliphatic heterocycles. The smallest absolute Gasteiger partial charge is 0.328 e. The predicted molar refractivity (Wildman–Crippen MR) is 116 cm³/mol. The third-order valence-corrected chi connectivity index (χ3v) is 5.07. The number of fused-ring (bicyclic) bond motifs is 1. The number of nitrogens with zero attached hydrogens (tertiary/aromatic N) is 1. The van der Waals surface area contributed by atoms with Gasteiger partial charge in [0.05, 0.1) is 10.6 Å². The fourth-order valence-electron chi connectivity index (χ4n) is 3.13. The van der Waals surface area contributed by atoms with E-state index in [1.807, 2.05) is 0 Å². The van der Waals surface area contributed by atoms with Crippen LogP contribution in [0.3, 0.4) is 0 Å². The number of esters is 1. The first-order valence-corrected chi connectivity index (χ1v) is 9.83. The summed E-state index contributed by atoms with van der Waals surface area (Å²) in [5.41, 5.74) is 13.4. The molecule has 31 heavy (non-hydrogen) atoms. The highest BCUT2D eigenvalue weighted by atomic mass is 16.6. The number of nitro benzene ring substituents is 1. The van der Waals surface area contributed by atoms with Crippen molar-refractivity contribution < 1.29 is 19.2 Å². The number of rotatable bonds is 7. The van der Waals surface area contributed by atoms with Crippen LogP contribution in [0.4, 0.5) is 11.4 Å². The van der Waals surface area contributed by atoms with E-state index in [0.29, 0.717) is 41.4 Å². The molecule has 1 aliphatic rings. The Balaban J connectivity index is 1.61. The number of nitro groups is 1. The Morgan fingerprint density at radius 1 is 1.26 bits per heavy atom. The van der Waals surface area contributed by atoms with Gasteiger partial charge in [-0.1, -0.05) is 18.2 Å². The van der Waals surface area contributed by atoms with Crippen LogP contribution in [0.15, 0.2) is 54.0 Å². The van der Waals surface area contributed by atoms with Crippen LogP contribution < -0.4 is 21.5 Å². The molecule has 1 atom stereocenters. The molecule has 0 bridgehead atoms. The normalized spacial score (nSPS) is 14.2. The van der Waals surface area contributed by atoms with Gasteiger partial charge in [0.25, 0.3) is 5.69 Å². The topological polar surface area (TPSA) is 143 Å². The number of allylic oxidation sites excluding steroid dienone is 1. The minimum atomic E-state index is -0.973. The number of nitrogens with one attached hydrogen (secondary N) is 1. The maximum Gasteiger partial charge on any atom is 0.328 e. The van der Waals surface area contributed by atoms with Crippen molar-refractivity contribution in [3.05, 3.63) is 75.3 Å². The summed E-state index contributed by atoms with van der Waals surface area (Å²) < 4.78 is 11.3. The summed E-state index contributed by atoms with van der Waals surface area (Å²) in [4.78, 5) is 23.0. The van der Waals surface area contributed by atoms with E-state index in [2.05, 4.69) is 5.32 Å². The SMILES string of the molecule is CC1=C(N)Nc2cc(C(N)C(=O)OC(C)(C)CCc3ccc([N+](=O)[O-])cc3)ccc2O1. The van der Waals surface area contributed by atoms with Crippen LogP contribution in [0.25, 0.3) is 0 Å². The first-order chi connectivity index (χ1) is 14.6. The molecule has 0 amide bonds. The van der Waals surface area contributed by atoms with E-state index >= 15 is 0 Å². The van der Waals surface area contributed by atoms with Crippen molar-refractivity contribution in [1.82, 2.24) is 0 Å². The van der Waals surface area contributed by atoms with Crippen molar-refractivity contribution >= 4 is 17.3 Å². The summed E-state index contributed by atoms with van der Waals surface area (Å²) in [5, 5.41) is 13.8. The Hall–Kier alpha value is -3.59. The highest BCUT2D eigenvalue weighted by molar-refractivity contribution is 5.79. The molecule has 2 aromatic rings. The lowest BCUT2D eigenvalue weighted by molar-refractivity contribution is -0.384. The van der Waals surface area contributed by atoms with E-state index in [9.17, 15) is 14.9 Å². The molecule has 5 N–H and O–H groups in total. The van der Waals surface area contributed by atoms with E-state index < -0.39 is 22.5 Å². The van der Waals surface area contributed by atoms with Crippen molar-refractivity contribution in [3.8, 4) is 5.75 Å². The summed E-state index contributed by atoms with van der Waals surface area (Å²) in [6, 6.07) is 10.5. The zero-order valence-corrected chi connectivity index (χ0v) is 17.7. The number of hydrogen-bond acceptors (Lipinski definition) is 8. The molecule has 0 saturated carbocycles. The second kappa shape index (κ2) is 8.65. The van der Waals surface area contributed by atoms with Gasteiger partial charge < -0.3 is 26.3 Å². The third-order valence-electron chi connectivity index (χ3n) is 5.07. The number of non-ortho nitro benzene ring substituents is 1. The molecule has 0 radical (unpaired) electrons. The molecule has 0 fully saturated rings. The van der Waals surface area contributed by atoms with Crippen LogP contribution in [0.5, 0.6) is 5.75 Å². The number of aryl methyl sites for hydroxylation is 1. The minimum Gasteiger partial charge on any atom is -0.458 e. The predicted octanol–water partition coefficient (Wildman–Crippen LogP) is 3.50. The Morgan fingerprint density at radius 2 is 1.94 bits per heavy atom. The van der Waals surface area contributed by atoms with Gasteiger partial charge in [0.2, 0.25) is 0 Å². The number of hydrogen-bond donors (Lipinski definition) is 3. The van der Waals surface area contributed by atoms with Gasteiger partial charge in [0, 0.05) is 12.1 Å². The van der Waals surface area contributed by atoms with Crippen molar-refractivity contribution in [1.29, 1.82) is 0 Å². The van der Waals surface area contributed by atoms with Gasteiger partial charge in [0.1, 0.15) is 23.2 Å². The van der Waals surface area contributed by atoms with Crippen LogP contribution >= 0.6 is 0 Å². The monoisotopic (exact) mass is 426 g/mol. The van der Waals surface area contributed by atoms with E-state index in [-0.39, 0.29) is 5.69 Å². The highest BCUT2D eigenvalue weighted by Gasteiger charge is 2.28. The van der Waals surface area contributed by atoms with E-state index in [1.54, 1.807) is 51.1 Å².